The number of carbonyl (C=O) groups is 3. The van der Waals surface area contributed by atoms with E-state index in [1.165, 1.54) is 0 Å². The van der Waals surface area contributed by atoms with Crippen LogP contribution in [0.25, 0.3) is 0 Å². The molecule has 0 fully saturated rings. The Hall–Kier alpha value is -3.73. The lowest BCUT2D eigenvalue weighted by Gasteiger charge is -2.06. The topological polar surface area (TPSA) is 72.5 Å². The van der Waals surface area contributed by atoms with Gasteiger partial charge in [0.15, 0.2) is 5.78 Å². The zero-order valence-corrected chi connectivity index (χ0v) is 16.8. The van der Waals surface area contributed by atoms with Gasteiger partial charge in [-0.2, -0.15) is 0 Å². The second-order valence-electron chi connectivity index (χ2n) is 6.85. The lowest BCUT2D eigenvalue weighted by molar-refractivity contribution is -0.137. The first-order valence-electron chi connectivity index (χ1n) is 9.69. The standard InChI is InChI=1S/C25H23NO4/c1-30-22-13-9-18(10-14-22)15-16-26-25(29)23(27)17-19-7-11-21(12-8-19)24(28)20-5-3-2-4-6-20/h2-14H,15-17H2,1H3,(H,26,29). The van der Waals surface area contributed by atoms with E-state index >= 15 is 0 Å². The van der Waals surface area contributed by atoms with Crippen LogP contribution < -0.4 is 10.1 Å². The Balaban J connectivity index is 1.48. The van der Waals surface area contributed by atoms with Gasteiger partial charge in [0.05, 0.1) is 7.11 Å². The van der Waals surface area contributed by atoms with E-state index in [0.717, 1.165) is 11.3 Å². The minimum Gasteiger partial charge on any atom is -0.497 e. The van der Waals surface area contributed by atoms with Crippen LogP contribution in [-0.2, 0) is 22.4 Å². The molecule has 3 aromatic rings. The van der Waals surface area contributed by atoms with Gasteiger partial charge in [-0.3, -0.25) is 14.4 Å². The predicted molar refractivity (Wildman–Crippen MR) is 115 cm³/mol. The van der Waals surface area contributed by atoms with Crippen molar-refractivity contribution in [2.24, 2.45) is 0 Å². The highest BCUT2D eigenvalue weighted by atomic mass is 16.5. The first kappa shape index (κ1) is 21.0. The molecule has 0 atom stereocenters. The van der Waals surface area contributed by atoms with E-state index in [1.54, 1.807) is 43.5 Å². The fraction of sp³-hybridized carbons (Fsp3) is 0.160. The average molecular weight is 401 g/mol. The molecule has 0 spiro atoms. The summed E-state index contributed by atoms with van der Waals surface area (Å²) in [6.45, 7) is 0.376. The van der Waals surface area contributed by atoms with Crippen molar-refractivity contribution in [1.82, 2.24) is 5.32 Å². The maximum atomic E-state index is 12.4. The average Bonchev–Trinajstić information content (AvgIpc) is 2.80. The quantitative estimate of drug-likeness (QED) is 0.441. The molecule has 1 N–H and O–H groups in total. The van der Waals surface area contributed by atoms with Crippen LogP contribution in [0.3, 0.4) is 0 Å². The van der Waals surface area contributed by atoms with Crippen LogP contribution in [0.1, 0.15) is 27.0 Å². The van der Waals surface area contributed by atoms with Crippen LogP contribution in [-0.4, -0.2) is 31.1 Å². The number of hydrogen-bond acceptors (Lipinski definition) is 4. The molecule has 5 nitrogen and oxygen atoms in total. The Kier molecular flexibility index (Phi) is 7.11. The molecule has 0 aliphatic rings. The van der Waals surface area contributed by atoms with E-state index in [4.69, 9.17) is 4.74 Å². The number of benzene rings is 3. The van der Waals surface area contributed by atoms with Crippen molar-refractivity contribution in [3.63, 3.8) is 0 Å². The number of ketones is 2. The van der Waals surface area contributed by atoms with Crippen LogP contribution in [0.2, 0.25) is 0 Å². The number of ether oxygens (including phenoxy) is 1. The maximum Gasteiger partial charge on any atom is 0.287 e. The predicted octanol–water partition coefficient (Wildman–Crippen LogP) is 3.40. The van der Waals surface area contributed by atoms with Gasteiger partial charge in [-0.15, -0.1) is 0 Å². The molecule has 3 rings (SSSR count). The molecule has 0 bridgehead atoms. The fourth-order valence-corrected chi connectivity index (χ4v) is 3.01. The van der Waals surface area contributed by atoms with Crippen molar-refractivity contribution in [2.75, 3.05) is 13.7 Å². The molecule has 3 aromatic carbocycles. The fourth-order valence-electron chi connectivity index (χ4n) is 3.01. The van der Waals surface area contributed by atoms with E-state index < -0.39 is 11.7 Å². The second kappa shape index (κ2) is 10.2. The molecule has 5 heteroatoms. The molecule has 152 valence electrons. The van der Waals surface area contributed by atoms with Crippen LogP contribution in [0, 0.1) is 0 Å². The Labute approximate surface area is 175 Å². The van der Waals surface area contributed by atoms with Gasteiger partial charge >= 0.3 is 0 Å². The summed E-state index contributed by atoms with van der Waals surface area (Å²) in [6.07, 6.45) is 0.619. The molecule has 1 amide bonds. The molecule has 0 unspecified atom stereocenters. The van der Waals surface area contributed by atoms with Gasteiger partial charge in [0, 0.05) is 24.1 Å². The highest BCUT2D eigenvalue weighted by Crippen LogP contribution is 2.12. The summed E-state index contributed by atoms with van der Waals surface area (Å²) in [5.41, 5.74) is 2.89. The third kappa shape index (κ3) is 5.64. The summed E-state index contributed by atoms with van der Waals surface area (Å²) in [6, 6.07) is 23.3. The smallest absolute Gasteiger partial charge is 0.287 e. The van der Waals surface area contributed by atoms with Gasteiger partial charge in [0.1, 0.15) is 5.75 Å². The van der Waals surface area contributed by atoms with E-state index in [0.29, 0.717) is 29.7 Å². The molecular weight excluding hydrogens is 378 g/mol. The summed E-state index contributed by atoms with van der Waals surface area (Å²) in [5, 5.41) is 2.66. The minimum absolute atomic E-state index is 0.00578. The SMILES string of the molecule is COc1ccc(CCNC(=O)C(=O)Cc2ccc(C(=O)c3ccccc3)cc2)cc1. The summed E-state index contributed by atoms with van der Waals surface area (Å²) < 4.78 is 5.11. The molecule has 0 heterocycles. The summed E-state index contributed by atoms with van der Waals surface area (Å²) in [5.74, 6) is -0.418. The van der Waals surface area contributed by atoms with Crippen LogP contribution >= 0.6 is 0 Å². The third-order valence-electron chi connectivity index (χ3n) is 4.73. The van der Waals surface area contributed by atoms with E-state index in [2.05, 4.69) is 5.32 Å². The summed E-state index contributed by atoms with van der Waals surface area (Å²) in [7, 11) is 1.61. The highest BCUT2D eigenvalue weighted by molar-refractivity contribution is 6.36. The number of rotatable bonds is 9. The minimum atomic E-state index is -0.604. The zero-order chi connectivity index (χ0) is 21.3. The maximum absolute atomic E-state index is 12.4. The van der Waals surface area contributed by atoms with Crippen LogP contribution in [0.15, 0.2) is 78.9 Å². The van der Waals surface area contributed by atoms with Gasteiger partial charge < -0.3 is 10.1 Å². The number of carbonyl (C=O) groups excluding carboxylic acids is 3. The number of Topliss-reactive ketones (excluding diaryl/α,β-unsaturated/α-hetero) is 1. The third-order valence-corrected chi connectivity index (χ3v) is 4.73. The van der Waals surface area contributed by atoms with Crippen molar-refractivity contribution >= 4 is 17.5 Å². The molecule has 0 aliphatic heterocycles. The van der Waals surface area contributed by atoms with Crippen molar-refractivity contribution in [3.05, 3.63) is 101 Å². The van der Waals surface area contributed by atoms with Gasteiger partial charge in [0.2, 0.25) is 5.78 Å². The molecular formula is C25H23NO4. The number of methoxy groups -OCH3 is 1. The van der Waals surface area contributed by atoms with Crippen molar-refractivity contribution < 1.29 is 19.1 Å². The van der Waals surface area contributed by atoms with Crippen LogP contribution in [0.4, 0.5) is 0 Å². The summed E-state index contributed by atoms with van der Waals surface area (Å²) >= 11 is 0. The lowest BCUT2D eigenvalue weighted by Crippen LogP contribution is -2.33. The Morgan fingerprint density at radius 2 is 1.37 bits per heavy atom. The molecule has 0 aromatic heterocycles. The van der Waals surface area contributed by atoms with Crippen LogP contribution in [0.5, 0.6) is 5.75 Å². The molecule has 0 radical (unpaired) electrons. The number of hydrogen-bond donors (Lipinski definition) is 1. The lowest BCUT2D eigenvalue weighted by atomic mass is 10.0. The van der Waals surface area contributed by atoms with E-state index in [1.807, 2.05) is 42.5 Å². The first-order valence-corrected chi connectivity index (χ1v) is 9.69. The zero-order valence-electron chi connectivity index (χ0n) is 16.8. The molecule has 30 heavy (non-hydrogen) atoms. The normalized spacial score (nSPS) is 10.3. The van der Waals surface area contributed by atoms with E-state index in [-0.39, 0.29) is 12.2 Å². The van der Waals surface area contributed by atoms with Gasteiger partial charge in [-0.05, 0) is 29.7 Å². The van der Waals surface area contributed by atoms with Gasteiger partial charge in [-0.1, -0.05) is 66.7 Å². The Morgan fingerprint density at radius 3 is 2.00 bits per heavy atom. The molecule has 0 aliphatic carbocycles. The second-order valence-corrected chi connectivity index (χ2v) is 6.85. The molecule has 0 saturated carbocycles. The van der Waals surface area contributed by atoms with Crippen molar-refractivity contribution in [2.45, 2.75) is 12.8 Å². The largest absolute Gasteiger partial charge is 0.497 e. The Morgan fingerprint density at radius 1 is 0.767 bits per heavy atom. The Bertz CT molecular complexity index is 1010. The first-order chi connectivity index (χ1) is 14.6. The van der Waals surface area contributed by atoms with Gasteiger partial charge in [-0.25, -0.2) is 0 Å². The number of nitrogens with one attached hydrogen (secondary N) is 1. The highest BCUT2D eigenvalue weighted by Gasteiger charge is 2.14. The summed E-state index contributed by atoms with van der Waals surface area (Å²) in [4.78, 5) is 36.7. The van der Waals surface area contributed by atoms with Crippen molar-refractivity contribution in [1.29, 1.82) is 0 Å². The van der Waals surface area contributed by atoms with E-state index in [9.17, 15) is 14.4 Å². The number of amides is 1. The molecule has 0 saturated heterocycles. The monoisotopic (exact) mass is 401 g/mol. The van der Waals surface area contributed by atoms with Gasteiger partial charge in [0.25, 0.3) is 5.91 Å². The van der Waals surface area contributed by atoms with Crippen molar-refractivity contribution in [3.8, 4) is 5.75 Å².